The molecule has 0 spiro atoms. The van der Waals surface area contributed by atoms with E-state index in [-0.39, 0.29) is 24.0 Å². The molecule has 1 aromatic heterocycles. The Morgan fingerprint density at radius 2 is 1.50 bits per heavy atom. The van der Waals surface area contributed by atoms with Crippen LogP contribution in [0.25, 0.3) is 0 Å². The number of hydrogen-bond acceptors (Lipinski definition) is 6. The number of hydrogen-bond donors (Lipinski definition) is 1. The van der Waals surface area contributed by atoms with Gasteiger partial charge in [-0.05, 0) is 58.3 Å². The van der Waals surface area contributed by atoms with Crippen LogP contribution in [0.3, 0.4) is 0 Å². The minimum atomic E-state index is -0.183. The number of nitrogens with one attached hydrogen (secondary N) is 1. The molecule has 0 saturated carbocycles. The Morgan fingerprint density at radius 1 is 0.848 bits per heavy atom. The molecular weight excluding hydrogens is 591 g/mol. The van der Waals surface area contributed by atoms with Gasteiger partial charge in [0.05, 0.1) is 6.54 Å². The molecule has 0 radical (unpaired) electrons. The number of rotatable bonds is 12. The van der Waals surface area contributed by atoms with E-state index in [0.717, 1.165) is 35.8 Å². The summed E-state index contributed by atoms with van der Waals surface area (Å²) < 4.78 is 10.9. The molecule has 1 N–H and O–H groups in total. The lowest BCUT2D eigenvalue weighted by molar-refractivity contribution is 0.0946. The Kier molecular flexibility index (Phi) is 9.81. The highest BCUT2D eigenvalue weighted by molar-refractivity contribution is 7.09. The Balaban J connectivity index is 1.16. The molecule has 0 saturated heterocycles. The van der Waals surface area contributed by atoms with Gasteiger partial charge in [0.2, 0.25) is 6.79 Å². The molecule has 4 aromatic carbocycles. The van der Waals surface area contributed by atoms with Crippen molar-refractivity contribution in [3.8, 4) is 11.5 Å². The Labute approximate surface area is 276 Å². The van der Waals surface area contributed by atoms with Gasteiger partial charge in [-0.2, -0.15) is 0 Å². The number of ether oxygens (including phenoxy) is 2. The van der Waals surface area contributed by atoms with Gasteiger partial charge in [-0.25, -0.2) is 4.98 Å². The lowest BCUT2D eigenvalue weighted by Crippen LogP contribution is -2.26. The first-order valence-electron chi connectivity index (χ1n) is 15.8. The standard InChI is InChI=1S/C39H41N3O3S/c1-39(2,3)32-17-14-28(15-18-32)24-42(21-20-33(30-10-6-4-7-11-30)31-12-8-5-9-13-31)25-37-41-34(26-46-37)38(43)40-23-29-16-19-35-36(22-29)45-27-44-35/h4-19,22,26,33H,20-21,23-25,27H2,1-3H3,(H,40,43). The minimum absolute atomic E-state index is 0.109. The summed E-state index contributed by atoms with van der Waals surface area (Å²) in [5, 5.41) is 5.79. The van der Waals surface area contributed by atoms with Gasteiger partial charge in [0.25, 0.3) is 5.91 Å². The van der Waals surface area contributed by atoms with Gasteiger partial charge in [-0.15, -0.1) is 11.3 Å². The van der Waals surface area contributed by atoms with E-state index >= 15 is 0 Å². The van der Waals surface area contributed by atoms with E-state index in [1.807, 2.05) is 23.6 Å². The highest BCUT2D eigenvalue weighted by Gasteiger charge is 2.20. The summed E-state index contributed by atoms with van der Waals surface area (Å²) in [4.78, 5) is 20.3. The molecule has 6 rings (SSSR count). The largest absolute Gasteiger partial charge is 0.454 e. The van der Waals surface area contributed by atoms with Crippen molar-refractivity contribution in [2.24, 2.45) is 0 Å². The highest BCUT2D eigenvalue weighted by atomic mass is 32.1. The predicted molar refractivity (Wildman–Crippen MR) is 184 cm³/mol. The van der Waals surface area contributed by atoms with Crippen molar-refractivity contribution >= 4 is 17.2 Å². The number of carbonyl (C=O) groups is 1. The summed E-state index contributed by atoms with van der Waals surface area (Å²) in [7, 11) is 0. The maximum atomic E-state index is 13.0. The fourth-order valence-electron chi connectivity index (χ4n) is 5.79. The van der Waals surface area contributed by atoms with E-state index in [0.29, 0.717) is 24.5 Å². The minimum Gasteiger partial charge on any atom is -0.454 e. The van der Waals surface area contributed by atoms with Crippen LogP contribution in [0, 0.1) is 0 Å². The molecule has 46 heavy (non-hydrogen) atoms. The molecule has 7 heteroatoms. The molecule has 0 fully saturated rings. The van der Waals surface area contributed by atoms with E-state index in [1.54, 1.807) is 0 Å². The van der Waals surface area contributed by atoms with E-state index in [9.17, 15) is 4.79 Å². The zero-order valence-corrected chi connectivity index (χ0v) is 27.6. The second kappa shape index (κ2) is 14.3. The third kappa shape index (κ3) is 8.03. The number of aromatic nitrogens is 1. The number of amides is 1. The topological polar surface area (TPSA) is 63.7 Å². The zero-order valence-electron chi connectivity index (χ0n) is 26.7. The van der Waals surface area contributed by atoms with Crippen LogP contribution in [-0.4, -0.2) is 29.1 Å². The first-order chi connectivity index (χ1) is 22.3. The Morgan fingerprint density at radius 3 is 2.17 bits per heavy atom. The molecule has 236 valence electrons. The summed E-state index contributed by atoms with van der Waals surface area (Å²) >= 11 is 1.54. The number of carbonyl (C=O) groups excluding carboxylic acids is 1. The van der Waals surface area contributed by atoms with E-state index in [2.05, 4.69) is 116 Å². The monoisotopic (exact) mass is 631 g/mol. The maximum absolute atomic E-state index is 13.0. The van der Waals surface area contributed by atoms with E-state index in [1.165, 1.54) is 33.6 Å². The van der Waals surface area contributed by atoms with Crippen molar-refractivity contribution in [1.29, 1.82) is 0 Å². The van der Waals surface area contributed by atoms with Gasteiger partial charge < -0.3 is 14.8 Å². The summed E-state index contributed by atoms with van der Waals surface area (Å²) in [6.45, 7) is 9.68. The molecule has 1 aliphatic heterocycles. The zero-order chi connectivity index (χ0) is 31.9. The predicted octanol–water partition coefficient (Wildman–Crippen LogP) is 8.32. The smallest absolute Gasteiger partial charge is 0.271 e. The van der Waals surface area contributed by atoms with Crippen LogP contribution in [0.15, 0.2) is 109 Å². The highest BCUT2D eigenvalue weighted by Crippen LogP contribution is 2.33. The lowest BCUT2D eigenvalue weighted by Gasteiger charge is -2.26. The lowest BCUT2D eigenvalue weighted by atomic mass is 9.86. The molecule has 1 amide bonds. The first kappa shape index (κ1) is 31.5. The van der Waals surface area contributed by atoms with Gasteiger partial charge in [0, 0.05) is 24.4 Å². The maximum Gasteiger partial charge on any atom is 0.271 e. The molecule has 0 aliphatic carbocycles. The Bertz CT molecular complexity index is 1690. The fraction of sp³-hybridized carbons (Fsp3) is 0.282. The van der Waals surface area contributed by atoms with Crippen molar-refractivity contribution in [2.75, 3.05) is 13.3 Å². The Hall–Kier alpha value is -4.46. The first-order valence-corrected chi connectivity index (χ1v) is 16.7. The molecule has 6 nitrogen and oxygen atoms in total. The molecule has 0 unspecified atom stereocenters. The van der Waals surface area contributed by atoms with E-state index in [4.69, 9.17) is 14.5 Å². The number of nitrogens with zero attached hydrogens (tertiary/aromatic N) is 2. The molecule has 1 aliphatic rings. The van der Waals surface area contributed by atoms with Crippen molar-refractivity contribution in [3.63, 3.8) is 0 Å². The summed E-state index contributed by atoms with van der Waals surface area (Å²) in [5.74, 6) is 1.53. The number of thiazole rings is 1. The second-order valence-corrected chi connectivity index (χ2v) is 13.8. The van der Waals surface area contributed by atoms with Crippen molar-refractivity contribution < 1.29 is 14.3 Å². The normalized spacial score (nSPS) is 12.5. The molecule has 0 atom stereocenters. The van der Waals surface area contributed by atoms with Gasteiger partial charge in [-0.1, -0.05) is 112 Å². The number of fused-ring (bicyclic) bond motifs is 1. The number of benzene rings is 4. The third-order valence-corrected chi connectivity index (χ3v) is 9.23. The van der Waals surface area contributed by atoms with Gasteiger partial charge in [0.15, 0.2) is 11.5 Å². The molecule has 5 aromatic rings. The fourth-order valence-corrected chi connectivity index (χ4v) is 6.61. The summed E-state index contributed by atoms with van der Waals surface area (Å²) in [6, 6.07) is 36.2. The molecule has 2 heterocycles. The van der Waals surface area contributed by atoms with Crippen LogP contribution in [0.4, 0.5) is 0 Å². The second-order valence-electron chi connectivity index (χ2n) is 12.8. The average molecular weight is 632 g/mol. The molecule has 0 bridgehead atoms. The van der Waals surface area contributed by atoms with Crippen molar-refractivity contribution in [3.05, 3.63) is 147 Å². The average Bonchev–Trinajstić information content (AvgIpc) is 3.74. The molecular formula is C39H41N3O3S. The SMILES string of the molecule is CC(C)(C)c1ccc(CN(CCC(c2ccccc2)c2ccccc2)Cc2nc(C(=O)NCc3ccc4c(c3)OCO4)cs2)cc1. The van der Waals surface area contributed by atoms with Gasteiger partial charge >= 0.3 is 0 Å². The van der Waals surface area contributed by atoms with Crippen LogP contribution < -0.4 is 14.8 Å². The van der Waals surface area contributed by atoms with Crippen molar-refractivity contribution in [2.45, 2.75) is 58.2 Å². The van der Waals surface area contributed by atoms with Crippen molar-refractivity contribution in [1.82, 2.24) is 15.2 Å². The van der Waals surface area contributed by atoms with Gasteiger partial charge in [0.1, 0.15) is 10.7 Å². The van der Waals surface area contributed by atoms with E-state index < -0.39 is 0 Å². The quantitative estimate of drug-likeness (QED) is 0.150. The summed E-state index contributed by atoms with van der Waals surface area (Å²) in [5.41, 5.74) is 6.73. The van der Waals surface area contributed by atoms with Gasteiger partial charge in [-0.3, -0.25) is 9.69 Å². The van der Waals surface area contributed by atoms with Crippen LogP contribution in [0.1, 0.15) is 76.4 Å². The third-order valence-electron chi connectivity index (χ3n) is 8.40. The summed E-state index contributed by atoms with van der Waals surface area (Å²) in [6.07, 6.45) is 0.961. The van der Waals surface area contributed by atoms with Crippen LogP contribution in [0.5, 0.6) is 11.5 Å². The van der Waals surface area contributed by atoms with Crippen LogP contribution >= 0.6 is 11.3 Å². The van der Waals surface area contributed by atoms with Crippen LogP contribution in [-0.2, 0) is 25.0 Å². The van der Waals surface area contributed by atoms with Crippen LogP contribution in [0.2, 0.25) is 0 Å².